The normalized spacial score (nSPS) is 15.7. The van der Waals surface area contributed by atoms with Gasteiger partial charge in [0.1, 0.15) is 5.82 Å². The molecule has 0 saturated carbocycles. The average molecular weight is 599 g/mol. The first kappa shape index (κ1) is 29.8. The number of halogens is 2. The lowest BCUT2D eigenvalue weighted by atomic mass is 9.95. The number of nitrogens with zero attached hydrogens (tertiary/aromatic N) is 4. The molecule has 1 aromatic heterocycles. The molecule has 43 heavy (non-hydrogen) atoms. The molecule has 1 saturated heterocycles. The standard InChI is InChI=1S/C31H28ClFN8O.CH4/c1-18-17-41(13-12-35-18)30(34)40-29(42)19-6-9-22(10-7-19)38-31-37-16-20-15-36-28(24-4-2-3-5-26(24)33)25-14-21(32)8-11-23(25)27(20)39-31;/h2-11,14,16,18,35H,12-13,15,17H2,1H3,(H2,34,40,42)(H,37,38,39);1H4. The molecule has 1 atom stereocenters. The van der Waals surface area contributed by atoms with E-state index in [-0.39, 0.29) is 37.7 Å². The zero-order valence-corrected chi connectivity index (χ0v) is 23.5. The van der Waals surface area contributed by atoms with Crippen molar-refractivity contribution in [3.8, 4) is 11.3 Å². The van der Waals surface area contributed by atoms with E-state index in [4.69, 9.17) is 27.0 Å². The minimum Gasteiger partial charge on any atom is -0.340 e. The van der Waals surface area contributed by atoms with Crippen molar-refractivity contribution in [2.45, 2.75) is 26.9 Å². The number of carbonyl (C=O) groups excluding carboxylic acids is 1. The van der Waals surface area contributed by atoms with Crippen molar-refractivity contribution in [1.29, 1.82) is 5.41 Å². The highest BCUT2D eigenvalue weighted by molar-refractivity contribution is 6.31. The van der Waals surface area contributed by atoms with Crippen LogP contribution < -0.4 is 16.0 Å². The van der Waals surface area contributed by atoms with E-state index in [0.29, 0.717) is 57.8 Å². The van der Waals surface area contributed by atoms with E-state index in [1.54, 1.807) is 60.8 Å². The third-order valence-corrected chi connectivity index (χ3v) is 7.45. The molecule has 1 fully saturated rings. The maximum absolute atomic E-state index is 14.8. The molecule has 4 aromatic rings. The number of aromatic nitrogens is 2. The molecule has 1 amide bonds. The fraction of sp³-hybridized carbons (Fsp3) is 0.219. The Labute approximate surface area is 254 Å². The molecule has 11 heteroatoms. The van der Waals surface area contributed by atoms with Gasteiger partial charge in [0.2, 0.25) is 5.95 Å². The molecule has 0 bridgehead atoms. The van der Waals surface area contributed by atoms with Gasteiger partial charge in [-0.3, -0.25) is 20.5 Å². The molecule has 9 nitrogen and oxygen atoms in total. The summed E-state index contributed by atoms with van der Waals surface area (Å²) in [4.78, 5) is 28.6. The Hall–Kier alpha value is -4.67. The quantitative estimate of drug-likeness (QED) is 0.179. The van der Waals surface area contributed by atoms with Crippen molar-refractivity contribution < 1.29 is 9.18 Å². The lowest BCUT2D eigenvalue weighted by Gasteiger charge is -2.33. The molecule has 0 spiro atoms. The SMILES string of the molecule is C.CC1CN(C(=N)NC(=O)c2ccc(Nc3ncc4c(n3)-c3ccc(Cl)cc3C(c3ccccc3F)=NC4)cc2)CCN1. The van der Waals surface area contributed by atoms with Gasteiger partial charge in [0.15, 0.2) is 5.96 Å². The number of rotatable bonds is 4. The Balaban J connectivity index is 0.00000368. The fourth-order valence-corrected chi connectivity index (χ4v) is 5.27. The van der Waals surface area contributed by atoms with Crippen LogP contribution in [-0.4, -0.2) is 58.1 Å². The number of anilines is 2. The highest BCUT2D eigenvalue weighted by Gasteiger charge is 2.23. The fourth-order valence-electron chi connectivity index (χ4n) is 5.10. The van der Waals surface area contributed by atoms with Crippen LogP contribution in [0.4, 0.5) is 16.0 Å². The smallest absolute Gasteiger partial charge is 0.257 e. The van der Waals surface area contributed by atoms with Crippen LogP contribution in [0.2, 0.25) is 5.02 Å². The predicted molar refractivity (Wildman–Crippen MR) is 169 cm³/mol. The third-order valence-electron chi connectivity index (χ3n) is 7.21. The van der Waals surface area contributed by atoms with Crippen LogP contribution in [0.3, 0.4) is 0 Å². The summed E-state index contributed by atoms with van der Waals surface area (Å²) in [5, 5.41) is 18.0. The van der Waals surface area contributed by atoms with Crippen LogP contribution in [-0.2, 0) is 6.54 Å². The van der Waals surface area contributed by atoms with E-state index < -0.39 is 0 Å². The zero-order valence-electron chi connectivity index (χ0n) is 22.8. The summed E-state index contributed by atoms with van der Waals surface area (Å²) >= 11 is 6.36. The van der Waals surface area contributed by atoms with Gasteiger partial charge in [0.25, 0.3) is 5.91 Å². The minimum absolute atomic E-state index is 0. The highest BCUT2D eigenvalue weighted by atomic mass is 35.5. The third kappa shape index (κ3) is 6.40. The van der Waals surface area contributed by atoms with Gasteiger partial charge < -0.3 is 15.5 Å². The Bertz CT molecular complexity index is 1710. The van der Waals surface area contributed by atoms with Crippen molar-refractivity contribution in [2.24, 2.45) is 4.99 Å². The predicted octanol–water partition coefficient (Wildman–Crippen LogP) is 5.63. The van der Waals surface area contributed by atoms with E-state index in [1.807, 2.05) is 17.9 Å². The average Bonchev–Trinajstić information content (AvgIpc) is 3.14. The Kier molecular flexibility index (Phi) is 8.79. The van der Waals surface area contributed by atoms with Crippen LogP contribution in [0, 0.1) is 11.2 Å². The van der Waals surface area contributed by atoms with E-state index in [2.05, 4.69) is 20.9 Å². The molecule has 1 unspecified atom stereocenters. The van der Waals surface area contributed by atoms with Crippen molar-refractivity contribution in [3.63, 3.8) is 0 Å². The molecule has 0 aliphatic carbocycles. The first-order chi connectivity index (χ1) is 20.4. The van der Waals surface area contributed by atoms with Gasteiger partial charge in [-0.1, -0.05) is 37.2 Å². The second kappa shape index (κ2) is 12.7. The van der Waals surface area contributed by atoms with Crippen molar-refractivity contribution >= 4 is 40.8 Å². The van der Waals surface area contributed by atoms with Crippen LogP contribution in [0.15, 0.2) is 77.9 Å². The number of guanidine groups is 1. The molecular weight excluding hydrogens is 567 g/mol. The number of amides is 1. The zero-order chi connectivity index (χ0) is 29.2. The van der Waals surface area contributed by atoms with E-state index in [1.165, 1.54) is 6.07 Å². The second-order valence-electron chi connectivity index (χ2n) is 10.2. The number of piperazine rings is 1. The van der Waals surface area contributed by atoms with Crippen molar-refractivity contribution in [2.75, 3.05) is 25.0 Å². The van der Waals surface area contributed by atoms with E-state index in [0.717, 1.165) is 17.7 Å². The number of benzene rings is 3. The summed E-state index contributed by atoms with van der Waals surface area (Å²) in [7, 11) is 0. The Morgan fingerprint density at radius 1 is 1.09 bits per heavy atom. The number of fused-ring (bicyclic) bond motifs is 3. The molecule has 220 valence electrons. The monoisotopic (exact) mass is 598 g/mol. The van der Waals surface area contributed by atoms with Gasteiger partial charge >= 0.3 is 0 Å². The summed E-state index contributed by atoms with van der Waals surface area (Å²) in [6, 6.07) is 19.1. The number of hydrogen-bond acceptors (Lipinski definition) is 7. The van der Waals surface area contributed by atoms with E-state index >= 15 is 0 Å². The minimum atomic E-state index is -0.367. The molecule has 6 rings (SSSR count). The molecule has 3 heterocycles. The molecule has 2 aliphatic rings. The van der Waals surface area contributed by atoms with E-state index in [9.17, 15) is 9.18 Å². The van der Waals surface area contributed by atoms with Crippen LogP contribution in [0.25, 0.3) is 11.3 Å². The number of carbonyl (C=O) groups is 1. The molecule has 3 aromatic carbocycles. The lowest BCUT2D eigenvalue weighted by Crippen LogP contribution is -2.55. The largest absolute Gasteiger partial charge is 0.340 e. The maximum atomic E-state index is 14.8. The summed E-state index contributed by atoms with van der Waals surface area (Å²) in [5.74, 6) is -0.262. The van der Waals surface area contributed by atoms with Crippen LogP contribution in [0.5, 0.6) is 0 Å². The summed E-state index contributed by atoms with van der Waals surface area (Å²) in [5.41, 5.74) is 4.94. The summed E-state index contributed by atoms with van der Waals surface area (Å²) < 4.78 is 14.8. The number of aliphatic imine (C=N–C) groups is 1. The lowest BCUT2D eigenvalue weighted by molar-refractivity contribution is 0.0970. The first-order valence-electron chi connectivity index (χ1n) is 13.6. The van der Waals surface area contributed by atoms with Gasteiger partial charge in [0, 0.05) is 70.4 Å². The maximum Gasteiger partial charge on any atom is 0.257 e. The van der Waals surface area contributed by atoms with Gasteiger partial charge in [-0.25, -0.2) is 14.4 Å². The molecule has 0 radical (unpaired) electrons. The highest BCUT2D eigenvalue weighted by Crippen LogP contribution is 2.34. The Morgan fingerprint density at radius 2 is 1.88 bits per heavy atom. The molecule has 2 aliphatic heterocycles. The van der Waals surface area contributed by atoms with Gasteiger partial charge in [-0.2, -0.15) is 0 Å². The van der Waals surface area contributed by atoms with Crippen molar-refractivity contribution in [3.05, 3.63) is 106 Å². The van der Waals surface area contributed by atoms with Gasteiger partial charge in [-0.05, 0) is 55.5 Å². The second-order valence-corrected chi connectivity index (χ2v) is 10.6. The molecule has 4 N–H and O–H groups in total. The van der Waals surface area contributed by atoms with Crippen LogP contribution >= 0.6 is 11.6 Å². The topological polar surface area (TPSA) is 118 Å². The Morgan fingerprint density at radius 3 is 2.65 bits per heavy atom. The van der Waals surface area contributed by atoms with Crippen molar-refractivity contribution in [1.82, 2.24) is 25.5 Å². The van der Waals surface area contributed by atoms with Gasteiger partial charge in [-0.15, -0.1) is 0 Å². The number of nitrogens with one attached hydrogen (secondary N) is 4. The van der Waals surface area contributed by atoms with Gasteiger partial charge in [0.05, 0.1) is 18.0 Å². The summed E-state index contributed by atoms with van der Waals surface area (Å²) in [6.45, 7) is 4.42. The summed E-state index contributed by atoms with van der Waals surface area (Å²) in [6.07, 6.45) is 1.71. The van der Waals surface area contributed by atoms with Crippen LogP contribution in [0.1, 0.15) is 41.4 Å². The number of hydrogen-bond donors (Lipinski definition) is 4. The molecular formula is C32H32ClFN8O. The first-order valence-corrected chi connectivity index (χ1v) is 13.9.